The number of carboxylic acids is 1. The molecule has 2 heterocycles. The van der Waals surface area contributed by atoms with Gasteiger partial charge in [-0.25, -0.2) is 4.39 Å². The van der Waals surface area contributed by atoms with E-state index in [1.54, 1.807) is 11.0 Å². The van der Waals surface area contributed by atoms with E-state index in [4.69, 9.17) is 5.26 Å². The number of carboxylic acid groups (broad SMARTS) is 1. The molecule has 0 aromatic heterocycles. The summed E-state index contributed by atoms with van der Waals surface area (Å²) in [5.74, 6) is -2.24. The molecule has 1 aromatic carbocycles. The molecule has 2 aliphatic heterocycles. The van der Waals surface area contributed by atoms with E-state index in [-0.39, 0.29) is 36.0 Å². The summed E-state index contributed by atoms with van der Waals surface area (Å²) < 4.78 is 14.1. The Morgan fingerprint density at radius 2 is 1.97 bits per heavy atom. The van der Waals surface area contributed by atoms with Crippen LogP contribution in [-0.2, 0) is 14.4 Å². The Hall–Kier alpha value is -2.79. The van der Waals surface area contributed by atoms with Gasteiger partial charge in [0.25, 0.3) is 0 Å². The lowest BCUT2D eigenvalue weighted by Gasteiger charge is -2.33. The summed E-state index contributed by atoms with van der Waals surface area (Å²) in [5, 5.41) is 21.6. The first-order valence-corrected chi connectivity index (χ1v) is 11.8. The summed E-state index contributed by atoms with van der Waals surface area (Å²) in [6, 6.07) is 5.72. The average molecular weight is 458 g/mol. The minimum Gasteiger partial charge on any atom is -0.481 e. The number of hydrogen-bond acceptors (Lipinski definition) is 5. The molecule has 0 saturated carbocycles. The molecule has 2 aliphatic rings. The number of amides is 1. The molecule has 7 nitrogen and oxygen atoms in total. The third-order valence-corrected chi connectivity index (χ3v) is 6.91. The minimum atomic E-state index is -1.07. The van der Waals surface area contributed by atoms with Crippen molar-refractivity contribution < 1.29 is 23.9 Å². The van der Waals surface area contributed by atoms with Gasteiger partial charge < -0.3 is 15.3 Å². The fourth-order valence-electron chi connectivity index (χ4n) is 4.93. The molecular formula is C25H32FN3O4. The van der Waals surface area contributed by atoms with Crippen molar-refractivity contribution in [3.05, 3.63) is 35.1 Å². The number of halogens is 1. The summed E-state index contributed by atoms with van der Waals surface area (Å²) in [6.45, 7) is 3.01. The number of aliphatic carboxylic acids is 1. The number of piperidine rings is 2. The zero-order chi connectivity index (χ0) is 23.8. The van der Waals surface area contributed by atoms with E-state index in [1.807, 2.05) is 0 Å². The predicted molar refractivity (Wildman–Crippen MR) is 120 cm³/mol. The highest BCUT2D eigenvalue weighted by Crippen LogP contribution is 2.29. The highest BCUT2D eigenvalue weighted by molar-refractivity contribution is 5.84. The number of nitrogens with one attached hydrogen (secondary N) is 1. The van der Waals surface area contributed by atoms with Crippen molar-refractivity contribution >= 4 is 17.7 Å². The van der Waals surface area contributed by atoms with Crippen LogP contribution in [-0.4, -0.2) is 53.8 Å². The first-order valence-electron chi connectivity index (χ1n) is 11.8. The number of nitrogens with zero attached hydrogens (tertiary/aromatic N) is 2. The lowest BCUT2D eigenvalue weighted by Crippen LogP contribution is -2.42. The zero-order valence-corrected chi connectivity index (χ0v) is 18.9. The van der Waals surface area contributed by atoms with Gasteiger partial charge in [0.15, 0.2) is 0 Å². The summed E-state index contributed by atoms with van der Waals surface area (Å²) in [5.41, 5.74) is 0.276. The molecule has 0 aliphatic carbocycles. The number of likely N-dealkylation sites (tertiary alicyclic amines) is 1. The lowest BCUT2D eigenvalue weighted by molar-refractivity contribution is -0.137. The van der Waals surface area contributed by atoms with Crippen molar-refractivity contribution in [1.29, 1.82) is 5.26 Å². The molecule has 8 heteroatoms. The van der Waals surface area contributed by atoms with Crippen LogP contribution in [0.2, 0.25) is 0 Å². The van der Waals surface area contributed by atoms with E-state index in [2.05, 4.69) is 5.32 Å². The Morgan fingerprint density at radius 1 is 1.21 bits per heavy atom. The molecule has 3 rings (SSSR count). The van der Waals surface area contributed by atoms with Gasteiger partial charge in [-0.05, 0) is 68.8 Å². The summed E-state index contributed by atoms with van der Waals surface area (Å²) >= 11 is 0. The van der Waals surface area contributed by atoms with E-state index in [1.165, 1.54) is 12.1 Å². The fourth-order valence-corrected chi connectivity index (χ4v) is 4.93. The highest BCUT2D eigenvalue weighted by Gasteiger charge is 2.31. The topological polar surface area (TPSA) is 110 Å². The largest absolute Gasteiger partial charge is 0.481 e. The number of rotatable bonds is 9. The number of Topliss-reactive ketones (excluding diaryl/α,β-unsaturated/α-hetero) is 1. The molecular weight excluding hydrogens is 425 g/mol. The SMILES string of the molecule is N#Cc1ccc([C@H](CC(=O)O)CC(=O)[C@@H]2CCCN(C(=O)CCC3CCNCC3)C2)cc1F. The van der Waals surface area contributed by atoms with Gasteiger partial charge in [-0.3, -0.25) is 14.4 Å². The van der Waals surface area contributed by atoms with Crippen LogP contribution in [0.3, 0.4) is 0 Å². The maximum absolute atomic E-state index is 14.1. The van der Waals surface area contributed by atoms with Crippen molar-refractivity contribution in [3.63, 3.8) is 0 Å². The predicted octanol–water partition coefficient (Wildman–Crippen LogP) is 3.23. The van der Waals surface area contributed by atoms with Crippen LogP contribution in [0.4, 0.5) is 4.39 Å². The van der Waals surface area contributed by atoms with Crippen molar-refractivity contribution in [3.8, 4) is 6.07 Å². The first-order chi connectivity index (χ1) is 15.9. The summed E-state index contributed by atoms with van der Waals surface area (Å²) in [7, 11) is 0. The molecule has 1 aromatic rings. The first kappa shape index (κ1) is 24.8. The Morgan fingerprint density at radius 3 is 2.64 bits per heavy atom. The number of benzene rings is 1. The molecule has 2 fully saturated rings. The number of hydrogen-bond donors (Lipinski definition) is 2. The van der Waals surface area contributed by atoms with Crippen LogP contribution >= 0.6 is 0 Å². The Bertz CT molecular complexity index is 907. The number of nitriles is 1. The van der Waals surface area contributed by atoms with Gasteiger partial charge in [-0.15, -0.1) is 0 Å². The molecule has 2 saturated heterocycles. The second kappa shape index (κ2) is 11.9. The van der Waals surface area contributed by atoms with Gasteiger partial charge in [-0.1, -0.05) is 6.07 Å². The molecule has 0 bridgehead atoms. The van der Waals surface area contributed by atoms with Crippen LogP contribution in [0.25, 0.3) is 0 Å². The van der Waals surface area contributed by atoms with Crippen molar-refractivity contribution in [2.75, 3.05) is 26.2 Å². The van der Waals surface area contributed by atoms with Gasteiger partial charge in [0, 0.05) is 37.8 Å². The minimum absolute atomic E-state index is 0.0284. The normalized spacial score (nSPS) is 20.1. The van der Waals surface area contributed by atoms with E-state index in [9.17, 15) is 23.9 Å². The molecule has 2 atom stereocenters. The maximum atomic E-state index is 14.1. The standard InChI is InChI=1S/C25H32FN3O4/c26-22-12-18(4-5-19(22)15-27)21(14-25(32)33)13-23(30)20-2-1-11-29(16-20)24(31)6-3-17-7-9-28-10-8-17/h4-5,12,17,20-21,28H,1-3,6-11,13-14,16H2,(H,32,33)/t20-,21+/m1/s1. The number of ketones is 1. The summed E-state index contributed by atoms with van der Waals surface area (Å²) in [6.07, 6.45) is 4.63. The Kier molecular flexibility index (Phi) is 8.95. The second-order valence-corrected chi connectivity index (χ2v) is 9.23. The van der Waals surface area contributed by atoms with Crippen molar-refractivity contribution in [2.45, 2.75) is 57.3 Å². The van der Waals surface area contributed by atoms with Crippen LogP contribution in [0.1, 0.15) is 68.4 Å². The molecule has 2 N–H and O–H groups in total. The molecule has 0 radical (unpaired) electrons. The molecule has 33 heavy (non-hydrogen) atoms. The number of carbonyl (C=O) groups is 3. The maximum Gasteiger partial charge on any atom is 0.303 e. The van der Waals surface area contributed by atoms with Gasteiger partial charge >= 0.3 is 5.97 Å². The third kappa shape index (κ3) is 7.10. The van der Waals surface area contributed by atoms with Gasteiger partial charge in [0.05, 0.1) is 12.0 Å². The fraction of sp³-hybridized carbons (Fsp3) is 0.600. The van der Waals surface area contributed by atoms with E-state index < -0.39 is 17.7 Å². The molecule has 0 unspecified atom stereocenters. The van der Waals surface area contributed by atoms with Gasteiger partial charge in [0.1, 0.15) is 17.7 Å². The highest BCUT2D eigenvalue weighted by atomic mass is 19.1. The van der Waals surface area contributed by atoms with E-state index >= 15 is 0 Å². The smallest absolute Gasteiger partial charge is 0.303 e. The van der Waals surface area contributed by atoms with Crippen LogP contribution in [0, 0.1) is 29.0 Å². The molecule has 0 spiro atoms. The van der Waals surface area contributed by atoms with Crippen LogP contribution in [0.15, 0.2) is 18.2 Å². The number of carbonyl (C=O) groups excluding carboxylic acids is 2. The zero-order valence-electron chi connectivity index (χ0n) is 18.9. The summed E-state index contributed by atoms with van der Waals surface area (Å²) in [4.78, 5) is 39.0. The monoisotopic (exact) mass is 457 g/mol. The molecule has 178 valence electrons. The average Bonchev–Trinajstić information content (AvgIpc) is 2.82. The quantitative estimate of drug-likeness (QED) is 0.589. The second-order valence-electron chi connectivity index (χ2n) is 9.23. The molecule has 1 amide bonds. The third-order valence-electron chi connectivity index (χ3n) is 6.91. The lowest BCUT2D eigenvalue weighted by atomic mass is 9.84. The Balaban J connectivity index is 1.59. The van der Waals surface area contributed by atoms with E-state index in [0.717, 1.165) is 44.8 Å². The van der Waals surface area contributed by atoms with Gasteiger partial charge in [0.2, 0.25) is 5.91 Å². The Labute approximate surface area is 194 Å². The van der Waals surface area contributed by atoms with Crippen molar-refractivity contribution in [2.24, 2.45) is 11.8 Å². The van der Waals surface area contributed by atoms with E-state index in [0.29, 0.717) is 37.4 Å². The van der Waals surface area contributed by atoms with Crippen LogP contribution in [0.5, 0.6) is 0 Å². The van der Waals surface area contributed by atoms with Gasteiger partial charge in [-0.2, -0.15) is 5.26 Å². The van der Waals surface area contributed by atoms with Crippen LogP contribution < -0.4 is 5.32 Å². The van der Waals surface area contributed by atoms with Crippen molar-refractivity contribution in [1.82, 2.24) is 10.2 Å².